The molecule has 1 unspecified atom stereocenters. The maximum absolute atomic E-state index is 13.5. The van der Waals surface area contributed by atoms with Crippen LogP contribution in [0.3, 0.4) is 0 Å². The number of para-hydroxylation sites is 1. The van der Waals surface area contributed by atoms with E-state index in [-0.39, 0.29) is 16.2 Å². The zero-order chi connectivity index (χ0) is 21.6. The van der Waals surface area contributed by atoms with Crippen molar-refractivity contribution in [1.29, 1.82) is 0 Å². The highest BCUT2D eigenvalue weighted by Crippen LogP contribution is 2.37. The summed E-state index contributed by atoms with van der Waals surface area (Å²) in [5.41, 5.74) is -4.03. The van der Waals surface area contributed by atoms with Crippen LogP contribution in [0.15, 0.2) is 34.6 Å². The van der Waals surface area contributed by atoms with Gasteiger partial charge in [0.1, 0.15) is 5.56 Å². The highest BCUT2D eigenvalue weighted by Gasteiger charge is 2.36. The number of thiazole rings is 1. The summed E-state index contributed by atoms with van der Waals surface area (Å²) in [6.07, 6.45) is -4.68. The third-order valence-electron chi connectivity index (χ3n) is 4.34. The minimum atomic E-state index is -4.73. The molecule has 2 aromatic heterocycles. The lowest BCUT2D eigenvalue weighted by molar-refractivity contribution is -0.136. The third kappa shape index (κ3) is 4.03. The smallest absolute Gasteiger partial charge is 0.386 e. The number of pyridine rings is 1. The average Bonchev–Trinajstić information content (AvgIpc) is 3.11. The molecule has 0 saturated carbocycles. The van der Waals surface area contributed by atoms with E-state index in [9.17, 15) is 27.9 Å². The number of H-pyrrole nitrogens is 1. The molecule has 3 N–H and O–H groups in total. The molecule has 0 bridgehead atoms. The van der Waals surface area contributed by atoms with Crippen LogP contribution in [0, 0.1) is 5.41 Å². The van der Waals surface area contributed by atoms with Crippen molar-refractivity contribution in [1.82, 2.24) is 9.97 Å². The molecule has 6 nitrogen and oxygen atoms in total. The minimum Gasteiger partial charge on any atom is -0.386 e. The van der Waals surface area contributed by atoms with E-state index in [4.69, 9.17) is 0 Å². The summed E-state index contributed by atoms with van der Waals surface area (Å²) in [6, 6.07) is 3.14. The Morgan fingerprint density at radius 2 is 1.97 bits per heavy atom. The predicted octanol–water partition coefficient (Wildman–Crippen LogP) is 4.34. The summed E-state index contributed by atoms with van der Waals surface area (Å²) < 4.78 is 40.4. The molecule has 29 heavy (non-hydrogen) atoms. The first kappa shape index (κ1) is 21.0. The van der Waals surface area contributed by atoms with Gasteiger partial charge in [-0.15, -0.1) is 11.3 Å². The number of benzene rings is 1. The Labute approximate surface area is 167 Å². The SMILES string of the molecule is CC(C)(C)C(O)c1[nH]c2c(C(F)(F)F)cccc2c(=O)c1C(=O)Nc1nccs1. The van der Waals surface area contributed by atoms with Crippen molar-refractivity contribution >= 4 is 33.3 Å². The number of aromatic amines is 1. The van der Waals surface area contributed by atoms with Gasteiger partial charge in [0.2, 0.25) is 5.43 Å². The quantitative estimate of drug-likeness (QED) is 0.582. The van der Waals surface area contributed by atoms with Gasteiger partial charge in [0, 0.05) is 17.0 Å². The topological polar surface area (TPSA) is 95.1 Å². The fraction of sp³-hybridized carbons (Fsp3) is 0.316. The standard InChI is InChI=1S/C19H18F3N3O3S/c1-18(2,3)15(27)13-11(16(28)25-17-23-7-8-29-17)14(26)9-5-4-6-10(12(9)24-13)19(20,21)22/h4-8,15,27H,1-3H3,(H,24,26)(H,23,25,28). The molecule has 0 aliphatic carbocycles. The van der Waals surface area contributed by atoms with Crippen LogP contribution >= 0.6 is 11.3 Å². The number of amides is 1. The van der Waals surface area contributed by atoms with Crippen molar-refractivity contribution in [3.63, 3.8) is 0 Å². The molecule has 2 heterocycles. The molecule has 154 valence electrons. The summed E-state index contributed by atoms with van der Waals surface area (Å²) in [7, 11) is 0. The number of aliphatic hydroxyl groups excluding tert-OH is 1. The number of nitrogens with one attached hydrogen (secondary N) is 2. The lowest BCUT2D eigenvalue weighted by Gasteiger charge is -2.27. The van der Waals surface area contributed by atoms with Gasteiger partial charge in [-0.25, -0.2) is 4.98 Å². The number of alkyl halides is 3. The third-order valence-corrected chi connectivity index (χ3v) is 5.03. The Bertz CT molecular complexity index is 1120. The van der Waals surface area contributed by atoms with Gasteiger partial charge in [0.15, 0.2) is 5.13 Å². The van der Waals surface area contributed by atoms with E-state index >= 15 is 0 Å². The fourth-order valence-electron chi connectivity index (χ4n) is 2.87. The molecular formula is C19H18F3N3O3S. The lowest BCUT2D eigenvalue weighted by Crippen LogP contribution is -2.30. The molecule has 0 spiro atoms. The van der Waals surface area contributed by atoms with Crippen molar-refractivity contribution in [2.24, 2.45) is 5.41 Å². The van der Waals surface area contributed by atoms with E-state index in [1.54, 1.807) is 26.2 Å². The molecule has 10 heteroatoms. The zero-order valence-electron chi connectivity index (χ0n) is 15.7. The summed E-state index contributed by atoms with van der Waals surface area (Å²) >= 11 is 1.11. The van der Waals surface area contributed by atoms with E-state index in [0.717, 1.165) is 23.5 Å². The fourth-order valence-corrected chi connectivity index (χ4v) is 3.40. The van der Waals surface area contributed by atoms with Gasteiger partial charge in [-0.1, -0.05) is 26.8 Å². The van der Waals surface area contributed by atoms with E-state index in [1.807, 2.05) is 0 Å². The number of carbonyl (C=O) groups excluding carboxylic acids is 1. The second-order valence-electron chi connectivity index (χ2n) is 7.53. The number of carbonyl (C=O) groups is 1. The van der Waals surface area contributed by atoms with Crippen molar-refractivity contribution in [3.8, 4) is 0 Å². The van der Waals surface area contributed by atoms with Crippen LogP contribution in [0.25, 0.3) is 10.9 Å². The number of anilines is 1. The average molecular weight is 425 g/mol. The zero-order valence-corrected chi connectivity index (χ0v) is 16.5. The number of aliphatic hydroxyl groups is 1. The Morgan fingerprint density at radius 3 is 2.52 bits per heavy atom. The minimum absolute atomic E-state index is 0.217. The van der Waals surface area contributed by atoms with E-state index in [0.29, 0.717) is 0 Å². The van der Waals surface area contributed by atoms with E-state index in [2.05, 4.69) is 15.3 Å². The molecular weight excluding hydrogens is 407 g/mol. The largest absolute Gasteiger partial charge is 0.418 e. The van der Waals surface area contributed by atoms with Gasteiger partial charge >= 0.3 is 6.18 Å². The van der Waals surface area contributed by atoms with Gasteiger partial charge in [0.05, 0.1) is 22.9 Å². The summed E-state index contributed by atoms with van der Waals surface area (Å²) in [6.45, 7) is 4.91. The number of rotatable bonds is 3. The van der Waals surface area contributed by atoms with Gasteiger partial charge in [-0.2, -0.15) is 13.2 Å². The van der Waals surface area contributed by atoms with E-state index < -0.39 is 45.7 Å². The molecule has 0 radical (unpaired) electrons. The first-order chi connectivity index (χ1) is 13.4. The van der Waals surface area contributed by atoms with Crippen LogP contribution in [0.5, 0.6) is 0 Å². The Morgan fingerprint density at radius 1 is 1.28 bits per heavy atom. The Hall–Kier alpha value is -2.72. The van der Waals surface area contributed by atoms with Crippen LogP contribution in [0.2, 0.25) is 0 Å². The molecule has 1 amide bonds. The van der Waals surface area contributed by atoms with Crippen LogP contribution in [0.4, 0.5) is 18.3 Å². The van der Waals surface area contributed by atoms with Crippen molar-refractivity contribution < 1.29 is 23.1 Å². The summed E-state index contributed by atoms with van der Waals surface area (Å²) in [4.78, 5) is 32.3. The van der Waals surface area contributed by atoms with E-state index in [1.165, 1.54) is 12.3 Å². The van der Waals surface area contributed by atoms with Crippen LogP contribution < -0.4 is 10.7 Å². The summed E-state index contributed by atoms with van der Waals surface area (Å²) in [5.74, 6) is -0.862. The van der Waals surface area contributed by atoms with Crippen LogP contribution in [-0.4, -0.2) is 21.0 Å². The normalized spacial score (nSPS) is 13.5. The molecule has 0 aliphatic heterocycles. The molecule has 3 rings (SSSR count). The highest BCUT2D eigenvalue weighted by molar-refractivity contribution is 7.13. The van der Waals surface area contributed by atoms with Crippen molar-refractivity contribution in [2.75, 3.05) is 5.32 Å². The molecule has 0 aliphatic rings. The molecule has 3 aromatic rings. The number of hydrogen-bond acceptors (Lipinski definition) is 5. The van der Waals surface area contributed by atoms with Gasteiger partial charge in [-0.05, 0) is 17.5 Å². The first-order valence-corrected chi connectivity index (χ1v) is 9.44. The molecule has 0 fully saturated rings. The molecule has 0 saturated heterocycles. The lowest BCUT2D eigenvalue weighted by atomic mass is 9.85. The maximum atomic E-state index is 13.5. The monoisotopic (exact) mass is 425 g/mol. The van der Waals surface area contributed by atoms with Gasteiger partial charge in [-0.3, -0.25) is 14.9 Å². The predicted molar refractivity (Wildman–Crippen MR) is 104 cm³/mol. The number of aromatic nitrogens is 2. The molecule has 1 atom stereocenters. The second kappa shape index (κ2) is 7.27. The number of fused-ring (bicyclic) bond motifs is 1. The van der Waals surface area contributed by atoms with Crippen molar-refractivity contribution in [2.45, 2.75) is 33.1 Å². The van der Waals surface area contributed by atoms with Crippen LogP contribution in [-0.2, 0) is 6.18 Å². The van der Waals surface area contributed by atoms with Gasteiger partial charge in [0.25, 0.3) is 5.91 Å². The maximum Gasteiger partial charge on any atom is 0.418 e. The number of hydrogen-bond donors (Lipinski definition) is 3. The highest BCUT2D eigenvalue weighted by atomic mass is 32.1. The second-order valence-corrected chi connectivity index (χ2v) is 8.42. The van der Waals surface area contributed by atoms with Crippen molar-refractivity contribution in [3.05, 3.63) is 56.8 Å². The van der Waals surface area contributed by atoms with Gasteiger partial charge < -0.3 is 10.1 Å². The van der Waals surface area contributed by atoms with Crippen LogP contribution in [0.1, 0.15) is 48.5 Å². The molecule has 1 aromatic carbocycles. The Kier molecular flexibility index (Phi) is 5.26. The Balaban J connectivity index is 2.32. The number of halogens is 3. The number of nitrogens with zero attached hydrogens (tertiary/aromatic N) is 1. The summed E-state index contributed by atoms with van der Waals surface area (Å²) in [5, 5.41) is 14.7. The first-order valence-electron chi connectivity index (χ1n) is 8.56.